The third kappa shape index (κ3) is 6.53. The molecule has 4 N–H and O–H groups in total. The average Bonchev–Trinajstić information content (AvgIpc) is 2.37. The van der Waals surface area contributed by atoms with Crippen LogP contribution in [0.4, 0.5) is 5.69 Å². The number of primary amides is 1. The topological polar surface area (TPSA) is 113 Å². The summed E-state index contributed by atoms with van der Waals surface area (Å²) in [5.74, 6) is -2.21. The zero-order valence-corrected chi connectivity index (χ0v) is 11.8. The Morgan fingerprint density at radius 1 is 1.24 bits per heavy atom. The van der Waals surface area contributed by atoms with Gasteiger partial charge in [-0.15, -0.1) is 0 Å². The van der Waals surface area contributed by atoms with Crippen LogP contribution in [0, 0.1) is 0 Å². The third-order valence-corrected chi connectivity index (χ3v) is 2.72. The van der Waals surface area contributed by atoms with E-state index in [2.05, 4.69) is 5.32 Å². The Bertz CT molecular complexity index is 515. The number of rotatable bonds is 8. The van der Waals surface area contributed by atoms with Crippen LogP contribution in [0.1, 0.15) is 12.5 Å². The van der Waals surface area contributed by atoms with E-state index in [1.54, 1.807) is 6.07 Å². The lowest BCUT2D eigenvalue weighted by Crippen LogP contribution is -2.41. The van der Waals surface area contributed by atoms with Gasteiger partial charge < -0.3 is 16.2 Å². The zero-order valence-electron chi connectivity index (χ0n) is 11.8. The number of amides is 2. The van der Waals surface area contributed by atoms with E-state index in [9.17, 15) is 14.4 Å². The van der Waals surface area contributed by atoms with Crippen LogP contribution < -0.4 is 11.1 Å². The number of aryl methyl sites for hydroxylation is 1. The number of aliphatic carboxylic acids is 1. The van der Waals surface area contributed by atoms with Crippen LogP contribution in [0.5, 0.6) is 0 Å². The van der Waals surface area contributed by atoms with Gasteiger partial charge in [0.05, 0.1) is 19.6 Å². The van der Waals surface area contributed by atoms with E-state index in [0.717, 1.165) is 12.0 Å². The van der Waals surface area contributed by atoms with Gasteiger partial charge in [0, 0.05) is 5.69 Å². The van der Waals surface area contributed by atoms with Crippen LogP contribution in [0.15, 0.2) is 24.3 Å². The molecule has 0 unspecified atom stereocenters. The fourth-order valence-electron chi connectivity index (χ4n) is 1.85. The summed E-state index contributed by atoms with van der Waals surface area (Å²) in [6, 6.07) is 7.35. The molecule has 0 atom stereocenters. The highest BCUT2D eigenvalue weighted by molar-refractivity contribution is 5.93. The molecule has 7 nitrogen and oxygen atoms in total. The Kier molecular flexibility index (Phi) is 6.35. The highest BCUT2D eigenvalue weighted by Gasteiger charge is 2.16. The molecule has 0 aromatic heterocycles. The molecule has 2 amide bonds. The Labute approximate surface area is 122 Å². The van der Waals surface area contributed by atoms with Crippen molar-refractivity contribution in [2.45, 2.75) is 13.3 Å². The fraction of sp³-hybridized carbons (Fsp3) is 0.357. The number of carboxylic acids is 1. The average molecular weight is 293 g/mol. The summed E-state index contributed by atoms with van der Waals surface area (Å²) in [7, 11) is 0. The van der Waals surface area contributed by atoms with Gasteiger partial charge in [0.2, 0.25) is 11.8 Å². The Morgan fingerprint density at radius 3 is 2.52 bits per heavy atom. The number of anilines is 1. The van der Waals surface area contributed by atoms with Gasteiger partial charge in [-0.25, -0.2) is 0 Å². The molecule has 114 valence electrons. The molecule has 1 rings (SSSR count). The first-order chi connectivity index (χ1) is 9.90. The van der Waals surface area contributed by atoms with Gasteiger partial charge in [-0.2, -0.15) is 0 Å². The van der Waals surface area contributed by atoms with Crippen LogP contribution in [0.25, 0.3) is 0 Å². The maximum atomic E-state index is 11.9. The Balaban J connectivity index is 2.63. The van der Waals surface area contributed by atoms with E-state index in [0.29, 0.717) is 5.69 Å². The van der Waals surface area contributed by atoms with Crippen molar-refractivity contribution >= 4 is 23.5 Å². The largest absolute Gasteiger partial charge is 0.480 e. The Hall–Kier alpha value is -2.41. The molecule has 0 saturated heterocycles. The van der Waals surface area contributed by atoms with Crippen molar-refractivity contribution in [3.05, 3.63) is 29.8 Å². The van der Waals surface area contributed by atoms with Gasteiger partial charge in [0.1, 0.15) is 0 Å². The van der Waals surface area contributed by atoms with Crippen molar-refractivity contribution < 1.29 is 19.5 Å². The van der Waals surface area contributed by atoms with Crippen LogP contribution in [-0.2, 0) is 20.8 Å². The molecule has 0 aliphatic heterocycles. The quantitative estimate of drug-likeness (QED) is 0.627. The number of benzene rings is 1. The van der Waals surface area contributed by atoms with Gasteiger partial charge >= 0.3 is 5.97 Å². The maximum Gasteiger partial charge on any atom is 0.317 e. The number of carboxylic acid groups (broad SMARTS) is 1. The second-order valence-electron chi connectivity index (χ2n) is 4.61. The number of nitrogens with one attached hydrogen (secondary N) is 1. The predicted octanol–water partition coefficient (Wildman–Crippen LogP) is 0.0594. The molecule has 0 heterocycles. The number of hydrogen-bond donors (Lipinski definition) is 3. The summed E-state index contributed by atoms with van der Waals surface area (Å²) in [6.45, 7) is 1.08. The number of carbonyl (C=O) groups is 3. The zero-order chi connectivity index (χ0) is 15.8. The smallest absolute Gasteiger partial charge is 0.317 e. The number of nitrogens with zero attached hydrogens (tertiary/aromatic N) is 1. The minimum Gasteiger partial charge on any atom is -0.480 e. The lowest BCUT2D eigenvalue weighted by molar-refractivity contribution is -0.138. The van der Waals surface area contributed by atoms with Gasteiger partial charge in [0.15, 0.2) is 0 Å². The minimum absolute atomic E-state index is 0.217. The highest BCUT2D eigenvalue weighted by Crippen LogP contribution is 2.11. The molecule has 7 heteroatoms. The van der Waals surface area contributed by atoms with Crippen molar-refractivity contribution in [3.8, 4) is 0 Å². The van der Waals surface area contributed by atoms with E-state index in [1.807, 2.05) is 25.1 Å². The normalized spacial score (nSPS) is 10.4. The van der Waals surface area contributed by atoms with Crippen molar-refractivity contribution in [2.75, 3.05) is 25.0 Å². The summed E-state index contributed by atoms with van der Waals surface area (Å²) in [6.07, 6.45) is 0.844. The molecule has 0 radical (unpaired) electrons. The van der Waals surface area contributed by atoms with E-state index < -0.39 is 24.3 Å². The van der Waals surface area contributed by atoms with Crippen molar-refractivity contribution in [1.29, 1.82) is 0 Å². The molecule has 0 aliphatic carbocycles. The standard InChI is InChI=1S/C14H19N3O4/c1-2-10-4-3-5-11(6-10)16-13(19)8-17(7-12(15)18)9-14(20)21/h3-6H,2,7-9H2,1H3,(H2,15,18)(H,16,19)(H,20,21). The van der Waals surface area contributed by atoms with E-state index in [-0.39, 0.29) is 13.1 Å². The summed E-state index contributed by atoms with van der Waals surface area (Å²) < 4.78 is 0. The molecule has 0 saturated carbocycles. The molecule has 0 spiro atoms. The number of hydrogen-bond acceptors (Lipinski definition) is 4. The SMILES string of the molecule is CCc1cccc(NC(=O)CN(CC(N)=O)CC(=O)O)c1. The molecule has 0 aliphatic rings. The van der Waals surface area contributed by atoms with Gasteiger partial charge in [-0.1, -0.05) is 19.1 Å². The number of nitrogens with two attached hydrogens (primary N) is 1. The van der Waals surface area contributed by atoms with Gasteiger partial charge in [-0.05, 0) is 24.1 Å². The summed E-state index contributed by atoms with van der Waals surface area (Å²) in [5.41, 5.74) is 6.74. The summed E-state index contributed by atoms with van der Waals surface area (Å²) >= 11 is 0. The Morgan fingerprint density at radius 2 is 1.95 bits per heavy atom. The molecular formula is C14H19N3O4. The van der Waals surface area contributed by atoms with Crippen LogP contribution in [0.3, 0.4) is 0 Å². The molecule has 1 aromatic carbocycles. The summed E-state index contributed by atoms with van der Waals surface area (Å²) in [5, 5.41) is 11.4. The number of carbonyl (C=O) groups excluding carboxylic acids is 2. The van der Waals surface area contributed by atoms with Gasteiger partial charge in [-0.3, -0.25) is 19.3 Å². The van der Waals surface area contributed by atoms with E-state index in [4.69, 9.17) is 10.8 Å². The molecular weight excluding hydrogens is 274 g/mol. The van der Waals surface area contributed by atoms with E-state index >= 15 is 0 Å². The first-order valence-electron chi connectivity index (χ1n) is 6.52. The molecule has 1 aromatic rings. The monoisotopic (exact) mass is 293 g/mol. The van der Waals surface area contributed by atoms with E-state index in [1.165, 1.54) is 4.90 Å². The maximum absolute atomic E-state index is 11.9. The van der Waals surface area contributed by atoms with Crippen molar-refractivity contribution in [3.63, 3.8) is 0 Å². The van der Waals surface area contributed by atoms with Crippen LogP contribution in [0.2, 0.25) is 0 Å². The fourth-order valence-corrected chi connectivity index (χ4v) is 1.85. The second-order valence-corrected chi connectivity index (χ2v) is 4.61. The third-order valence-electron chi connectivity index (χ3n) is 2.72. The minimum atomic E-state index is -1.13. The second kappa shape index (κ2) is 8.01. The first kappa shape index (κ1) is 16.6. The lowest BCUT2D eigenvalue weighted by Gasteiger charge is -2.17. The summed E-state index contributed by atoms with van der Waals surface area (Å²) in [4.78, 5) is 34.6. The van der Waals surface area contributed by atoms with Gasteiger partial charge in [0.25, 0.3) is 0 Å². The van der Waals surface area contributed by atoms with Crippen molar-refractivity contribution in [2.24, 2.45) is 5.73 Å². The van der Waals surface area contributed by atoms with Crippen LogP contribution >= 0.6 is 0 Å². The highest BCUT2D eigenvalue weighted by atomic mass is 16.4. The lowest BCUT2D eigenvalue weighted by atomic mass is 10.1. The molecule has 0 bridgehead atoms. The predicted molar refractivity (Wildman–Crippen MR) is 77.7 cm³/mol. The molecule has 21 heavy (non-hydrogen) atoms. The first-order valence-corrected chi connectivity index (χ1v) is 6.52. The van der Waals surface area contributed by atoms with Crippen LogP contribution in [-0.4, -0.2) is 47.4 Å². The molecule has 0 fully saturated rings. The van der Waals surface area contributed by atoms with Crippen molar-refractivity contribution in [1.82, 2.24) is 4.90 Å².